The van der Waals surface area contributed by atoms with Gasteiger partial charge in [0, 0.05) is 33.7 Å². The van der Waals surface area contributed by atoms with Gasteiger partial charge in [0.1, 0.15) is 0 Å². The Balaban J connectivity index is 1.97. The summed E-state index contributed by atoms with van der Waals surface area (Å²) in [6.07, 6.45) is 2.08. The fraction of sp³-hybridized carbons (Fsp3) is 0.0667. The van der Waals surface area contributed by atoms with E-state index in [4.69, 9.17) is 23.2 Å². The van der Waals surface area contributed by atoms with Crippen molar-refractivity contribution in [3.63, 3.8) is 0 Å². The zero-order valence-electron chi connectivity index (χ0n) is 9.61. The zero-order chi connectivity index (χ0) is 12.5. The van der Waals surface area contributed by atoms with Gasteiger partial charge < -0.3 is 4.57 Å². The van der Waals surface area contributed by atoms with Crippen LogP contribution >= 0.6 is 23.2 Å². The van der Waals surface area contributed by atoms with E-state index in [1.54, 1.807) is 0 Å². The predicted octanol–water partition coefficient (Wildman–Crippen LogP) is 5.00. The molecule has 0 bridgehead atoms. The Labute approximate surface area is 116 Å². The maximum atomic E-state index is 5.98. The summed E-state index contributed by atoms with van der Waals surface area (Å²) in [5.74, 6) is 0. The van der Waals surface area contributed by atoms with Crippen LogP contribution in [0.25, 0.3) is 10.9 Å². The molecule has 0 spiro atoms. The summed E-state index contributed by atoms with van der Waals surface area (Å²) in [4.78, 5) is 0. The smallest absolute Gasteiger partial charge is 0.0484 e. The van der Waals surface area contributed by atoms with Crippen LogP contribution < -0.4 is 0 Å². The molecule has 0 aliphatic heterocycles. The fourth-order valence-corrected chi connectivity index (χ4v) is 2.40. The summed E-state index contributed by atoms with van der Waals surface area (Å²) in [5.41, 5.74) is 2.42. The van der Waals surface area contributed by atoms with Gasteiger partial charge in [-0.25, -0.2) is 0 Å². The first-order valence-electron chi connectivity index (χ1n) is 5.71. The largest absolute Gasteiger partial charge is 0.343 e. The quantitative estimate of drug-likeness (QED) is 0.621. The predicted molar refractivity (Wildman–Crippen MR) is 77.5 cm³/mol. The van der Waals surface area contributed by atoms with Gasteiger partial charge in [-0.1, -0.05) is 35.3 Å². The summed E-state index contributed by atoms with van der Waals surface area (Å²) in [7, 11) is 0. The third kappa shape index (κ3) is 2.24. The minimum absolute atomic E-state index is 0.767. The number of fused-ring (bicyclic) bond motifs is 1. The van der Waals surface area contributed by atoms with Crippen LogP contribution in [0.5, 0.6) is 0 Å². The third-order valence-corrected chi connectivity index (χ3v) is 3.49. The molecular weight excluding hydrogens is 265 g/mol. The van der Waals surface area contributed by atoms with Crippen molar-refractivity contribution in [1.29, 1.82) is 0 Å². The molecule has 3 rings (SSSR count). The van der Waals surface area contributed by atoms with E-state index in [-0.39, 0.29) is 0 Å². The van der Waals surface area contributed by atoms with Crippen molar-refractivity contribution in [2.75, 3.05) is 0 Å². The van der Waals surface area contributed by atoms with Crippen molar-refractivity contribution in [3.8, 4) is 0 Å². The Hall–Kier alpha value is -1.44. The van der Waals surface area contributed by atoms with Crippen molar-refractivity contribution in [2.24, 2.45) is 0 Å². The van der Waals surface area contributed by atoms with Crippen molar-refractivity contribution in [1.82, 2.24) is 4.57 Å². The molecule has 3 heteroatoms. The molecule has 18 heavy (non-hydrogen) atoms. The fourth-order valence-electron chi connectivity index (χ4n) is 2.10. The van der Waals surface area contributed by atoms with E-state index in [0.717, 1.165) is 22.0 Å². The molecule has 0 saturated heterocycles. The Kier molecular flexibility index (Phi) is 3.02. The second-order valence-corrected chi connectivity index (χ2v) is 5.15. The molecule has 2 aromatic carbocycles. The summed E-state index contributed by atoms with van der Waals surface area (Å²) >= 11 is 11.9. The first-order chi connectivity index (χ1) is 8.72. The van der Waals surface area contributed by atoms with Gasteiger partial charge in [0.2, 0.25) is 0 Å². The lowest BCUT2D eigenvalue weighted by atomic mass is 10.2. The van der Waals surface area contributed by atoms with Crippen LogP contribution in [0.2, 0.25) is 10.0 Å². The maximum absolute atomic E-state index is 5.98. The molecule has 0 unspecified atom stereocenters. The minimum atomic E-state index is 0.767. The summed E-state index contributed by atoms with van der Waals surface area (Å²) < 4.78 is 2.20. The minimum Gasteiger partial charge on any atom is -0.343 e. The van der Waals surface area contributed by atoms with Crippen LogP contribution in [-0.4, -0.2) is 4.57 Å². The number of hydrogen-bond acceptors (Lipinski definition) is 0. The Morgan fingerprint density at radius 3 is 2.33 bits per heavy atom. The van der Waals surface area contributed by atoms with Gasteiger partial charge in [0.05, 0.1) is 0 Å². The number of benzene rings is 2. The van der Waals surface area contributed by atoms with Gasteiger partial charge in [-0.2, -0.15) is 0 Å². The van der Waals surface area contributed by atoms with E-state index in [2.05, 4.69) is 16.8 Å². The maximum Gasteiger partial charge on any atom is 0.0484 e. The van der Waals surface area contributed by atoms with E-state index < -0.39 is 0 Å². The number of hydrogen-bond donors (Lipinski definition) is 0. The van der Waals surface area contributed by atoms with Gasteiger partial charge in [-0.15, -0.1) is 0 Å². The van der Waals surface area contributed by atoms with Crippen LogP contribution in [0.4, 0.5) is 0 Å². The molecular formula is C15H11Cl2N. The van der Waals surface area contributed by atoms with Crippen LogP contribution in [0.3, 0.4) is 0 Å². The molecule has 1 nitrogen and oxygen atoms in total. The lowest BCUT2D eigenvalue weighted by molar-refractivity contribution is 0.837. The highest BCUT2D eigenvalue weighted by Gasteiger charge is 2.02. The standard InChI is InChI=1S/C15H11Cl2N/c16-13-3-1-11(2-4-13)10-18-8-7-12-9-14(17)5-6-15(12)18/h1-9H,10H2. The number of rotatable bonds is 2. The van der Waals surface area contributed by atoms with Gasteiger partial charge in [0.15, 0.2) is 0 Å². The Morgan fingerprint density at radius 1 is 0.833 bits per heavy atom. The number of halogens is 2. The van der Waals surface area contributed by atoms with E-state index >= 15 is 0 Å². The number of aromatic nitrogens is 1. The van der Waals surface area contributed by atoms with E-state index in [0.29, 0.717) is 0 Å². The third-order valence-electron chi connectivity index (χ3n) is 3.00. The van der Waals surface area contributed by atoms with E-state index in [1.165, 1.54) is 11.1 Å². The van der Waals surface area contributed by atoms with Gasteiger partial charge in [-0.3, -0.25) is 0 Å². The first kappa shape index (κ1) is 11.6. The zero-order valence-corrected chi connectivity index (χ0v) is 11.1. The average Bonchev–Trinajstić information content (AvgIpc) is 2.74. The van der Waals surface area contributed by atoms with Gasteiger partial charge >= 0.3 is 0 Å². The molecule has 1 aromatic heterocycles. The molecule has 90 valence electrons. The highest BCUT2D eigenvalue weighted by molar-refractivity contribution is 6.31. The van der Waals surface area contributed by atoms with Crippen LogP contribution in [0, 0.1) is 0 Å². The van der Waals surface area contributed by atoms with Gasteiger partial charge in [-0.05, 0) is 42.0 Å². The van der Waals surface area contributed by atoms with E-state index in [9.17, 15) is 0 Å². The molecule has 0 fully saturated rings. The number of nitrogens with zero attached hydrogens (tertiary/aromatic N) is 1. The highest BCUT2D eigenvalue weighted by Crippen LogP contribution is 2.21. The molecule has 0 aliphatic carbocycles. The monoisotopic (exact) mass is 275 g/mol. The second kappa shape index (κ2) is 4.68. The molecule has 0 aliphatic rings. The van der Waals surface area contributed by atoms with Crippen molar-refractivity contribution in [3.05, 3.63) is 70.3 Å². The van der Waals surface area contributed by atoms with Crippen molar-refractivity contribution < 1.29 is 0 Å². The van der Waals surface area contributed by atoms with Crippen molar-refractivity contribution in [2.45, 2.75) is 6.54 Å². The molecule has 0 atom stereocenters. The lowest BCUT2D eigenvalue weighted by Crippen LogP contribution is -1.97. The Bertz CT molecular complexity index is 683. The molecule has 0 N–H and O–H groups in total. The van der Waals surface area contributed by atoms with Crippen LogP contribution in [0.1, 0.15) is 5.56 Å². The summed E-state index contributed by atoms with van der Waals surface area (Å²) in [6, 6.07) is 16.0. The highest BCUT2D eigenvalue weighted by atomic mass is 35.5. The van der Waals surface area contributed by atoms with Crippen LogP contribution in [0.15, 0.2) is 54.7 Å². The van der Waals surface area contributed by atoms with Crippen LogP contribution in [-0.2, 0) is 6.54 Å². The topological polar surface area (TPSA) is 4.93 Å². The molecule has 1 heterocycles. The summed E-state index contributed by atoms with van der Waals surface area (Å²) in [5, 5.41) is 2.70. The molecule has 3 aromatic rings. The second-order valence-electron chi connectivity index (χ2n) is 4.27. The van der Waals surface area contributed by atoms with Crippen molar-refractivity contribution >= 4 is 34.1 Å². The SMILES string of the molecule is Clc1ccc(Cn2ccc3cc(Cl)ccc32)cc1. The first-order valence-corrected chi connectivity index (χ1v) is 6.47. The molecule has 0 saturated carbocycles. The molecule has 0 radical (unpaired) electrons. The molecule has 0 amide bonds. The average molecular weight is 276 g/mol. The lowest BCUT2D eigenvalue weighted by Gasteiger charge is -2.06. The van der Waals surface area contributed by atoms with E-state index in [1.807, 2.05) is 42.5 Å². The van der Waals surface area contributed by atoms with Gasteiger partial charge in [0.25, 0.3) is 0 Å². The Morgan fingerprint density at radius 2 is 1.56 bits per heavy atom. The normalized spacial score (nSPS) is 11.0. The summed E-state index contributed by atoms with van der Waals surface area (Å²) in [6.45, 7) is 0.836.